The smallest absolute Gasteiger partial charge is 0.251 e. The van der Waals surface area contributed by atoms with Crippen LogP contribution in [0.5, 0.6) is 0 Å². The number of benzene rings is 2. The van der Waals surface area contributed by atoms with Gasteiger partial charge in [-0.05, 0) is 35.4 Å². The third-order valence-corrected chi connectivity index (χ3v) is 3.71. The lowest BCUT2D eigenvalue weighted by atomic mass is 10.1. The highest BCUT2D eigenvalue weighted by Crippen LogP contribution is 2.10. The molecule has 7 heteroatoms. The van der Waals surface area contributed by atoms with E-state index >= 15 is 0 Å². The maximum atomic E-state index is 11.5. The number of halogens is 2. The highest BCUT2D eigenvalue weighted by molar-refractivity contribution is 14.0. The number of nitrogens with one attached hydrogen (secondary N) is 3. The van der Waals surface area contributed by atoms with Crippen molar-refractivity contribution in [3.8, 4) is 0 Å². The largest absolute Gasteiger partial charge is 0.355 e. The van der Waals surface area contributed by atoms with Gasteiger partial charge in [0, 0.05) is 37.8 Å². The molecule has 0 fully saturated rings. The summed E-state index contributed by atoms with van der Waals surface area (Å²) in [6, 6.07) is 15.1. The van der Waals surface area contributed by atoms with Crippen LogP contribution >= 0.6 is 35.6 Å². The van der Waals surface area contributed by atoms with E-state index in [1.54, 1.807) is 26.2 Å². The number of nitrogens with zero attached hydrogens (tertiary/aromatic N) is 1. The Morgan fingerprint density at radius 1 is 1.04 bits per heavy atom. The molecule has 5 nitrogen and oxygen atoms in total. The number of carbonyl (C=O) groups excluding carboxylic acids is 1. The summed E-state index contributed by atoms with van der Waals surface area (Å²) < 4.78 is 0. The van der Waals surface area contributed by atoms with Gasteiger partial charge in [0.25, 0.3) is 5.91 Å². The Balaban J connectivity index is 0.00000312. The summed E-state index contributed by atoms with van der Waals surface area (Å²) in [4.78, 5) is 15.7. The summed E-state index contributed by atoms with van der Waals surface area (Å²) in [6.45, 7) is 1.25. The Labute approximate surface area is 170 Å². The van der Waals surface area contributed by atoms with Crippen LogP contribution in [0, 0.1) is 0 Å². The Bertz CT molecular complexity index is 719. The van der Waals surface area contributed by atoms with Crippen LogP contribution < -0.4 is 16.0 Å². The van der Waals surface area contributed by atoms with Crippen LogP contribution in [0.4, 0.5) is 0 Å². The van der Waals surface area contributed by atoms with E-state index in [2.05, 4.69) is 20.9 Å². The molecule has 2 aromatic carbocycles. The Hall–Kier alpha value is -1.80. The van der Waals surface area contributed by atoms with Gasteiger partial charge in [-0.15, -0.1) is 24.0 Å². The van der Waals surface area contributed by atoms with Crippen molar-refractivity contribution in [2.45, 2.75) is 13.1 Å². The Kier molecular flexibility index (Phi) is 9.30. The van der Waals surface area contributed by atoms with Crippen molar-refractivity contribution in [1.82, 2.24) is 16.0 Å². The maximum absolute atomic E-state index is 11.5. The molecule has 0 atom stereocenters. The number of hydrogen-bond donors (Lipinski definition) is 3. The standard InChI is InChI=1S/C18H21ClN4O.HI/c1-20-17(24)15-8-6-13(7-9-15)11-22-18(21-2)23-12-14-4-3-5-16(19)10-14;/h3-10H,11-12H2,1-2H3,(H,20,24)(H2,21,22,23);1H. The molecule has 0 aliphatic rings. The van der Waals surface area contributed by atoms with E-state index in [0.717, 1.165) is 11.1 Å². The van der Waals surface area contributed by atoms with Crippen LogP contribution in [-0.4, -0.2) is 26.0 Å². The zero-order valence-electron chi connectivity index (χ0n) is 14.2. The Morgan fingerprint density at radius 2 is 1.68 bits per heavy atom. The summed E-state index contributed by atoms with van der Waals surface area (Å²) in [5.74, 6) is 0.610. The monoisotopic (exact) mass is 472 g/mol. The van der Waals surface area contributed by atoms with Gasteiger partial charge in [-0.25, -0.2) is 0 Å². The van der Waals surface area contributed by atoms with Gasteiger partial charge in [0.05, 0.1) is 0 Å². The normalized spacial score (nSPS) is 10.6. The van der Waals surface area contributed by atoms with E-state index < -0.39 is 0 Å². The van der Waals surface area contributed by atoms with Crippen LogP contribution in [-0.2, 0) is 13.1 Å². The molecule has 0 aliphatic heterocycles. The van der Waals surface area contributed by atoms with Crippen LogP contribution in [0.25, 0.3) is 0 Å². The molecule has 0 aromatic heterocycles. The number of rotatable bonds is 5. The van der Waals surface area contributed by atoms with Crippen LogP contribution in [0.1, 0.15) is 21.5 Å². The van der Waals surface area contributed by atoms with Gasteiger partial charge in [-0.1, -0.05) is 35.9 Å². The molecule has 0 bridgehead atoms. The lowest BCUT2D eigenvalue weighted by molar-refractivity contribution is 0.0963. The van der Waals surface area contributed by atoms with E-state index in [-0.39, 0.29) is 29.9 Å². The first kappa shape index (κ1) is 21.2. The fraction of sp³-hybridized carbons (Fsp3) is 0.222. The number of carbonyl (C=O) groups is 1. The number of guanidine groups is 1. The summed E-state index contributed by atoms with van der Waals surface area (Å²) in [5, 5.41) is 9.80. The van der Waals surface area contributed by atoms with E-state index in [1.807, 2.05) is 36.4 Å². The first-order valence-electron chi connectivity index (χ1n) is 7.62. The van der Waals surface area contributed by atoms with E-state index in [4.69, 9.17) is 11.6 Å². The minimum atomic E-state index is -0.0893. The van der Waals surface area contributed by atoms with Crippen LogP contribution in [0.2, 0.25) is 5.02 Å². The highest BCUT2D eigenvalue weighted by atomic mass is 127. The predicted molar refractivity (Wildman–Crippen MR) is 114 cm³/mol. The second-order valence-corrected chi connectivity index (χ2v) is 5.62. The van der Waals surface area contributed by atoms with Crippen molar-refractivity contribution >= 4 is 47.4 Å². The molecule has 1 amide bonds. The number of amides is 1. The van der Waals surface area contributed by atoms with Crippen molar-refractivity contribution in [2.24, 2.45) is 4.99 Å². The molecule has 0 heterocycles. The molecule has 2 rings (SSSR count). The van der Waals surface area contributed by atoms with Gasteiger partial charge >= 0.3 is 0 Å². The van der Waals surface area contributed by atoms with Gasteiger partial charge < -0.3 is 16.0 Å². The van der Waals surface area contributed by atoms with Crippen molar-refractivity contribution in [1.29, 1.82) is 0 Å². The maximum Gasteiger partial charge on any atom is 0.251 e. The lowest BCUT2D eigenvalue weighted by Gasteiger charge is -2.12. The van der Waals surface area contributed by atoms with Crippen LogP contribution in [0.3, 0.4) is 0 Å². The molecule has 0 spiro atoms. The molecular weight excluding hydrogens is 451 g/mol. The average Bonchev–Trinajstić information content (AvgIpc) is 2.61. The molecule has 0 unspecified atom stereocenters. The zero-order valence-corrected chi connectivity index (χ0v) is 17.3. The van der Waals surface area contributed by atoms with Crippen molar-refractivity contribution < 1.29 is 4.79 Å². The summed E-state index contributed by atoms with van der Waals surface area (Å²) in [5.41, 5.74) is 2.79. The van der Waals surface area contributed by atoms with Crippen LogP contribution in [0.15, 0.2) is 53.5 Å². The number of hydrogen-bond acceptors (Lipinski definition) is 2. The van der Waals surface area contributed by atoms with E-state index in [1.165, 1.54) is 0 Å². The molecule has 3 N–H and O–H groups in total. The van der Waals surface area contributed by atoms with Crippen molar-refractivity contribution in [3.63, 3.8) is 0 Å². The quantitative estimate of drug-likeness (QED) is 0.356. The third kappa shape index (κ3) is 6.91. The Morgan fingerprint density at radius 3 is 2.24 bits per heavy atom. The topological polar surface area (TPSA) is 65.5 Å². The lowest BCUT2D eigenvalue weighted by Crippen LogP contribution is -2.36. The first-order chi connectivity index (χ1) is 11.6. The molecule has 25 heavy (non-hydrogen) atoms. The molecule has 0 saturated carbocycles. The molecule has 0 aliphatic carbocycles. The van der Waals surface area contributed by atoms with Crippen molar-refractivity contribution in [2.75, 3.05) is 14.1 Å². The molecule has 0 saturated heterocycles. The average molecular weight is 473 g/mol. The van der Waals surface area contributed by atoms with Gasteiger partial charge in [-0.2, -0.15) is 0 Å². The van der Waals surface area contributed by atoms with Gasteiger partial charge in [-0.3, -0.25) is 9.79 Å². The SMILES string of the molecule is CN=C(NCc1ccc(C(=O)NC)cc1)NCc1cccc(Cl)c1.I. The molecule has 0 radical (unpaired) electrons. The fourth-order valence-corrected chi connectivity index (χ4v) is 2.37. The van der Waals surface area contributed by atoms with E-state index in [0.29, 0.717) is 29.6 Å². The van der Waals surface area contributed by atoms with Crippen molar-refractivity contribution in [3.05, 3.63) is 70.2 Å². The first-order valence-corrected chi connectivity index (χ1v) is 8.00. The van der Waals surface area contributed by atoms with Gasteiger partial charge in [0.15, 0.2) is 5.96 Å². The number of aliphatic imine (C=N–C) groups is 1. The predicted octanol–water partition coefficient (Wildman–Crippen LogP) is 3.18. The minimum Gasteiger partial charge on any atom is -0.355 e. The molecular formula is C18H22ClIN4O. The van der Waals surface area contributed by atoms with Gasteiger partial charge in [0.1, 0.15) is 0 Å². The summed E-state index contributed by atoms with van der Waals surface area (Å²) in [6.07, 6.45) is 0. The molecule has 134 valence electrons. The van der Waals surface area contributed by atoms with E-state index in [9.17, 15) is 4.79 Å². The molecule has 2 aromatic rings. The third-order valence-electron chi connectivity index (χ3n) is 3.48. The minimum absolute atomic E-state index is 0. The second kappa shape index (κ2) is 10.9. The highest BCUT2D eigenvalue weighted by Gasteiger charge is 2.03. The summed E-state index contributed by atoms with van der Waals surface area (Å²) >= 11 is 5.98. The fourth-order valence-electron chi connectivity index (χ4n) is 2.16. The second-order valence-electron chi connectivity index (χ2n) is 5.19. The zero-order chi connectivity index (χ0) is 17.4. The summed E-state index contributed by atoms with van der Waals surface area (Å²) in [7, 11) is 3.34. The van der Waals surface area contributed by atoms with Gasteiger partial charge in [0.2, 0.25) is 0 Å².